The molecule has 1 aliphatic heterocycles. The molecule has 0 saturated carbocycles. The van der Waals surface area contributed by atoms with Crippen molar-refractivity contribution < 1.29 is 4.52 Å². The summed E-state index contributed by atoms with van der Waals surface area (Å²) in [5.41, 5.74) is 2.37. The highest BCUT2D eigenvalue weighted by Crippen LogP contribution is 2.24. The first-order valence-electron chi connectivity index (χ1n) is 7.84. The average molecular weight is 312 g/mol. The van der Waals surface area contributed by atoms with Crippen molar-refractivity contribution in [3.05, 3.63) is 41.7 Å². The van der Waals surface area contributed by atoms with Gasteiger partial charge in [0.1, 0.15) is 6.04 Å². The van der Waals surface area contributed by atoms with Gasteiger partial charge in [-0.15, -0.1) is 0 Å². The standard InChI is InChI=1S/C16H20N6O/c1-11-18-16(23-20-11)15-10-22(6-5-21(15)2)9-12-3-4-13-8-17-19-14(13)7-12/h3-4,7-8,15H,5-6,9-10H2,1-2H3,(H,17,19). The van der Waals surface area contributed by atoms with Crippen molar-refractivity contribution in [1.82, 2.24) is 30.1 Å². The van der Waals surface area contributed by atoms with E-state index in [-0.39, 0.29) is 6.04 Å². The topological polar surface area (TPSA) is 74.1 Å². The smallest absolute Gasteiger partial charge is 0.245 e. The Balaban J connectivity index is 1.50. The number of rotatable bonds is 3. The van der Waals surface area contributed by atoms with E-state index in [9.17, 15) is 0 Å². The van der Waals surface area contributed by atoms with Crippen LogP contribution in [0.5, 0.6) is 0 Å². The molecule has 120 valence electrons. The first-order valence-corrected chi connectivity index (χ1v) is 7.84. The zero-order valence-electron chi connectivity index (χ0n) is 13.4. The van der Waals surface area contributed by atoms with Crippen molar-refractivity contribution in [3.63, 3.8) is 0 Å². The van der Waals surface area contributed by atoms with Crippen LogP contribution < -0.4 is 0 Å². The largest absolute Gasteiger partial charge is 0.338 e. The summed E-state index contributed by atoms with van der Waals surface area (Å²) in [6.45, 7) is 5.66. The quantitative estimate of drug-likeness (QED) is 0.794. The third-order valence-corrected chi connectivity index (χ3v) is 4.47. The van der Waals surface area contributed by atoms with Crippen LogP contribution in [0.2, 0.25) is 0 Å². The van der Waals surface area contributed by atoms with Gasteiger partial charge in [-0.05, 0) is 25.6 Å². The molecule has 1 atom stereocenters. The van der Waals surface area contributed by atoms with Crippen LogP contribution in [0.25, 0.3) is 10.9 Å². The fourth-order valence-electron chi connectivity index (χ4n) is 3.13. The Hall–Kier alpha value is -2.25. The van der Waals surface area contributed by atoms with E-state index in [0.717, 1.165) is 37.1 Å². The lowest BCUT2D eigenvalue weighted by atomic mass is 10.1. The number of aryl methyl sites for hydroxylation is 1. The molecule has 1 aromatic carbocycles. The van der Waals surface area contributed by atoms with Gasteiger partial charge < -0.3 is 4.52 Å². The molecule has 3 aromatic rings. The first-order chi connectivity index (χ1) is 11.2. The summed E-state index contributed by atoms with van der Waals surface area (Å²) in [5.74, 6) is 1.40. The summed E-state index contributed by atoms with van der Waals surface area (Å²) in [6.07, 6.45) is 1.85. The first kappa shape index (κ1) is 14.3. The van der Waals surface area contributed by atoms with Crippen molar-refractivity contribution >= 4 is 10.9 Å². The van der Waals surface area contributed by atoms with Gasteiger partial charge in [0.25, 0.3) is 0 Å². The normalized spacial score (nSPS) is 20.3. The van der Waals surface area contributed by atoms with Gasteiger partial charge in [0, 0.05) is 31.6 Å². The van der Waals surface area contributed by atoms with Gasteiger partial charge in [-0.3, -0.25) is 14.9 Å². The summed E-state index contributed by atoms with van der Waals surface area (Å²) in [5, 5.41) is 12.2. The Morgan fingerprint density at radius 3 is 3.09 bits per heavy atom. The van der Waals surface area contributed by atoms with E-state index in [4.69, 9.17) is 4.52 Å². The van der Waals surface area contributed by atoms with Crippen molar-refractivity contribution in [1.29, 1.82) is 0 Å². The fraction of sp³-hybridized carbons (Fsp3) is 0.438. The number of benzene rings is 1. The third kappa shape index (κ3) is 2.85. The molecule has 1 saturated heterocycles. The Bertz CT molecular complexity index is 810. The lowest BCUT2D eigenvalue weighted by Gasteiger charge is -2.37. The van der Waals surface area contributed by atoms with Gasteiger partial charge in [0.05, 0.1) is 11.7 Å². The van der Waals surface area contributed by atoms with Crippen molar-refractivity contribution in [2.24, 2.45) is 0 Å². The lowest BCUT2D eigenvalue weighted by molar-refractivity contribution is 0.0715. The van der Waals surface area contributed by atoms with Gasteiger partial charge in [0.15, 0.2) is 5.82 Å². The van der Waals surface area contributed by atoms with E-state index >= 15 is 0 Å². The number of likely N-dealkylation sites (N-methyl/N-ethyl adjacent to an activating group) is 1. The fourth-order valence-corrected chi connectivity index (χ4v) is 3.13. The number of hydrogen-bond donors (Lipinski definition) is 1. The molecule has 1 fully saturated rings. The average Bonchev–Trinajstić information content (AvgIpc) is 3.17. The number of aromatic amines is 1. The minimum absolute atomic E-state index is 0.154. The highest BCUT2D eigenvalue weighted by Gasteiger charge is 2.29. The Morgan fingerprint density at radius 1 is 1.35 bits per heavy atom. The SMILES string of the molecule is Cc1noc(C2CN(Cc3ccc4cn[nH]c4c3)CCN2C)n1. The summed E-state index contributed by atoms with van der Waals surface area (Å²) in [7, 11) is 2.11. The van der Waals surface area contributed by atoms with Crippen LogP contribution in [-0.4, -0.2) is 56.8 Å². The molecule has 4 rings (SSSR count). The highest BCUT2D eigenvalue weighted by molar-refractivity contribution is 5.78. The summed E-state index contributed by atoms with van der Waals surface area (Å²) in [6, 6.07) is 6.61. The van der Waals surface area contributed by atoms with E-state index in [1.54, 1.807) is 0 Å². The monoisotopic (exact) mass is 312 g/mol. The molecule has 1 unspecified atom stereocenters. The Labute approximate surface area is 134 Å². The molecule has 2 aromatic heterocycles. The number of fused-ring (bicyclic) bond motifs is 1. The number of hydrogen-bond acceptors (Lipinski definition) is 6. The van der Waals surface area contributed by atoms with E-state index in [1.807, 2.05) is 13.1 Å². The molecule has 3 heterocycles. The second-order valence-corrected chi connectivity index (χ2v) is 6.20. The molecule has 0 radical (unpaired) electrons. The second-order valence-electron chi connectivity index (χ2n) is 6.20. The van der Waals surface area contributed by atoms with Crippen LogP contribution in [0.15, 0.2) is 28.9 Å². The molecule has 0 amide bonds. The Kier molecular flexibility index (Phi) is 3.59. The Morgan fingerprint density at radius 2 is 2.26 bits per heavy atom. The maximum absolute atomic E-state index is 5.38. The predicted octanol–water partition coefficient (Wildman–Crippen LogP) is 1.74. The van der Waals surface area contributed by atoms with Gasteiger partial charge in [-0.1, -0.05) is 17.3 Å². The van der Waals surface area contributed by atoms with E-state index in [0.29, 0.717) is 11.7 Å². The molecular weight excluding hydrogens is 292 g/mol. The number of nitrogens with one attached hydrogen (secondary N) is 1. The maximum atomic E-state index is 5.38. The van der Waals surface area contributed by atoms with Crippen molar-refractivity contribution in [2.75, 3.05) is 26.7 Å². The maximum Gasteiger partial charge on any atom is 0.245 e. The molecule has 0 bridgehead atoms. The zero-order valence-corrected chi connectivity index (χ0v) is 13.4. The van der Waals surface area contributed by atoms with Crippen LogP contribution in [0, 0.1) is 6.92 Å². The molecule has 0 spiro atoms. The number of piperazine rings is 1. The predicted molar refractivity (Wildman–Crippen MR) is 85.8 cm³/mol. The minimum atomic E-state index is 0.154. The van der Waals surface area contributed by atoms with Gasteiger partial charge in [-0.25, -0.2) is 0 Å². The van der Waals surface area contributed by atoms with Crippen LogP contribution >= 0.6 is 0 Å². The van der Waals surface area contributed by atoms with Crippen LogP contribution in [0.4, 0.5) is 0 Å². The molecule has 7 nitrogen and oxygen atoms in total. The number of nitrogens with zero attached hydrogens (tertiary/aromatic N) is 5. The molecular formula is C16H20N6O. The lowest BCUT2D eigenvalue weighted by Crippen LogP contribution is -2.46. The van der Waals surface area contributed by atoms with Crippen LogP contribution in [0.1, 0.15) is 23.3 Å². The van der Waals surface area contributed by atoms with Crippen LogP contribution in [0.3, 0.4) is 0 Å². The molecule has 0 aliphatic carbocycles. The molecule has 23 heavy (non-hydrogen) atoms. The molecule has 7 heteroatoms. The van der Waals surface area contributed by atoms with Crippen LogP contribution in [-0.2, 0) is 6.54 Å². The summed E-state index contributed by atoms with van der Waals surface area (Å²) >= 11 is 0. The highest BCUT2D eigenvalue weighted by atomic mass is 16.5. The molecule has 1 N–H and O–H groups in total. The number of aromatic nitrogens is 4. The molecule has 1 aliphatic rings. The van der Waals surface area contributed by atoms with E-state index in [1.165, 1.54) is 5.56 Å². The van der Waals surface area contributed by atoms with Crippen molar-refractivity contribution in [2.45, 2.75) is 19.5 Å². The van der Waals surface area contributed by atoms with Gasteiger partial charge in [-0.2, -0.15) is 10.1 Å². The van der Waals surface area contributed by atoms with Gasteiger partial charge >= 0.3 is 0 Å². The summed E-state index contributed by atoms with van der Waals surface area (Å²) in [4.78, 5) is 9.11. The van der Waals surface area contributed by atoms with Gasteiger partial charge in [0.2, 0.25) is 5.89 Å². The third-order valence-electron chi connectivity index (χ3n) is 4.47. The van der Waals surface area contributed by atoms with E-state index in [2.05, 4.69) is 55.4 Å². The van der Waals surface area contributed by atoms with Crippen molar-refractivity contribution in [3.8, 4) is 0 Å². The second kappa shape index (κ2) is 5.75. The minimum Gasteiger partial charge on any atom is -0.338 e. The number of H-pyrrole nitrogens is 1. The van der Waals surface area contributed by atoms with E-state index < -0.39 is 0 Å². The summed E-state index contributed by atoms with van der Waals surface area (Å²) < 4.78 is 5.38. The zero-order chi connectivity index (χ0) is 15.8.